The Balaban J connectivity index is 2.12. The molecule has 1 fully saturated rings. The highest BCUT2D eigenvalue weighted by molar-refractivity contribution is 9.10. The van der Waals surface area contributed by atoms with Crippen molar-refractivity contribution in [2.75, 3.05) is 0 Å². The first kappa shape index (κ1) is 11.6. The quantitative estimate of drug-likeness (QED) is 0.708. The van der Waals surface area contributed by atoms with Gasteiger partial charge in [-0.05, 0) is 34.8 Å². The molecule has 1 heterocycles. The zero-order valence-corrected chi connectivity index (χ0v) is 11.4. The number of carbonyl (C=O) groups excluding carboxylic acids is 1. The highest BCUT2D eigenvalue weighted by atomic mass is 79.9. The van der Waals surface area contributed by atoms with Crippen LogP contribution in [0.25, 0.3) is 0 Å². The normalized spacial score (nSPS) is 18.0. The van der Waals surface area contributed by atoms with Gasteiger partial charge in [-0.1, -0.05) is 30.9 Å². The zero-order valence-electron chi connectivity index (χ0n) is 8.26. The molecule has 0 aromatic carbocycles. The molecule has 0 unspecified atom stereocenters. The maximum atomic E-state index is 12.1. The van der Waals surface area contributed by atoms with E-state index in [-0.39, 0.29) is 11.7 Å². The summed E-state index contributed by atoms with van der Waals surface area (Å²) in [5.74, 6) is 0.521. The van der Waals surface area contributed by atoms with Crippen molar-refractivity contribution < 1.29 is 4.79 Å². The number of halogens is 2. The molecule has 0 amide bonds. The fourth-order valence-electron chi connectivity index (χ4n) is 2.03. The lowest BCUT2D eigenvalue weighted by Crippen LogP contribution is -2.16. The predicted octanol–water partition coefficient (Wildman–Crippen LogP) is 4.93. The van der Waals surface area contributed by atoms with Crippen LogP contribution in [-0.2, 0) is 0 Å². The van der Waals surface area contributed by atoms with Crippen molar-refractivity contribution in [3.8, 4) is 0 Å². The molecule has 82 valence electrons. The van der Waals surface area contributed by atoms with E-state index in [0.29, 0.717) is 4.34 Å². The minimum absolute atomic E-state index is 0.236. The molecular formula is C11H12BrClOS. The molecule has 2 rings (SSSR count). The maximum Gasteiger partial charge on any atom is 0.175 e. The molecule has 1 aromatic heterocycles. The molecule has 1 aromatic rings. The van der Waals surface area contributed by atoms with Crippen LogP contribution in [-0.4, -0.2) is 5.78 Å². The van der Waals surface area contributed by atoms with Crippen molar-refractivity contribution in [1.82, 2.24) is 0 Å². The summed E-state index contributed by atoms with van der Waals surface area (Å²) in [6, 6.07) is 1.85. The van der Waals surface area contributed by atoms with E-state index in [1.807, 2.05) is 6.07 Å². The molecule has 0 bridgehead atoms. The molecule has 1 saturated carbocycles. The average Bonchev–Trinajstić information content (AvgIpc) is 2.59. The van der Waals surface area contributed by atoms with Gasteiger partial charge in [-0.15, -0.1) is 11.3 Å². The third kappa shape index (κ3) is 2.63. The van der Waals surface area contributed by atoms with E-state index < -0.39 is 0 Å². The van der Waals surface area contributed by atoms with Crippen molar-refractivity contribution in [2.45, 2.75) is 32.1 Å². The van der Waals surface area contributed by atoms with Crippen LogP contribution in [0.2, 0.25) is 4.34 Å². The van der Waals surface area contributed by atoms with Gasteiger partial charge in [-0.25, -0.2) is 0 Å². The monoisotopic (exact) mass is 306 g/mol. The zero-order chi connectivity index (χ0) is 10.8. The summed E-state index contributed by atoms with van der Waals surface area (Å²) in [6.45, 7) is 0. The third-order valence-corrected chi connectivity index (χ3v) is 5.35. The molecule has 1 aliphatic carbocycles. The predicted molar refractivity (Wildman–Crippen MR) is 67.9 cm³/mol. The van der Waals surface area contributed by atoms with E-state index in [2.05, 4.69) is 15.9 Å². The molecule has 0 atom stereocenters. The first-order valence-corrected chi connectivity index (χ1v) is 7.16. The Morgan fingerprint density at radius 3 is 2.60 bits per heavy atom. The second kappa shape index (κ2) is 4.98. The van der Waals surface area contributed by atoms with Crippen molar-refractivity contribution in [3.05, 3.63) is 19.8 Å². The van der Waals surface area contributed by atoms with E-state index in [1.54, 1.807) is 0 Å². The summed E-state index contributed by atoms with van der Waals surface area (Å²) >= 11 is 10.7. The van der Waals surface area contributed by atoms with E-state index in [0.717, 1.165) is 22.2 Å². The highest BCUT2D eigenvalue weighted by Crippen LogP contribution is 2.35. The highest BCUT2D eigenvalue weighted by Gasteiger charge is 2.24. The molecule has 0 aliphatic heterocycles. The number of hydrogen-bond donors (Lipinski definition) is 0. The number of Topliss-reactive ketones (excluding diaryl/α,β-unsaturated/α-hetero) is 1. The Bertz CT molecular complexity index is 349. The summed E-state index contributed by atoms with van der Waals surface area (Å²) in [4.78, 5) is 12.9. The van der Waals surface area contributed by atoms with E-state index in [1.165, 1.54) is 30.6 Å². The van der Waals surface area contributed by atoms with Gasteiger partial charge in [0.15, 0.2) is 5.78 Å². The van der Waals surface area contributed by atoms with Crippen LogP contribution < -0.4 is 0 Å². The Labute approximate surface area is 107 Å². The van der Waals surface area contributed by atoms with Crippen molar-refractivity contribution in [2.24, 2.45) is 5.92 Å². The fourth-order valence-corrected chi connectivity index (χ4v) is 3.75. The molecule has 1 aliphatic rings. The Morgan fingerprint density at radius 2 is 2.07 bits per heavy atom. The third-order valence-electron chi connectivity index (χ3n) is 2.86. The maximum absolute atomic E-state index is 12.1. The summed E-state index contributed by atoms with van der Waals surface area (Å²) < 4.78 is 1.52. The number of carbonyl (C=O) groups is 1. The largest absolute Gasteiger partial charge is 0.293 e. The fraction of sp³-hybridized carbons (Fsp3) is 0.545. The van der Waals surface area contributed by atoms with Crippen LogP contribution >= 0.6 is 38.9 Å². The number of rotatable bonds is 2. The number of ketones is 1. The minimum Gasteiger partial charge on any atom is -0.293 e. The molecule has 1 nitrogen and oxygen atoms in total. The van der Waals surface area contributed by atoms with Crippen molar-refractivity contribution in [1.29, 1.82) is 0 Å². The van der Waals surface area contributed by atoms with Gasteiger partial charge in [-0.3, -0.25) is 4.79 Å². The summed E-state index contributed by atoms with van der Waals surface area (Å²) in [7, 11) is 0. The van der Waals surface area contributed by atoms with Gasteiger partial charge in [-0.2, -0.15) is 0 Å². The number of hydrogen-bond acceptors (Lipinski definition) is 2. The van der Waals surface area contributed by atoms with Crippen LogP contribution in [0.4, 0.5) is 0 Å². The van der Waals surface area contributed by atoms with Gasteiger partial charge in [0, 0.05) is 10.4 Å². The standard InChI is InChI=1S/C11H12BrClOS/c12-8-6-9(15-11(8)13)10(14)7-4-2-1-3-5-7/h6-7H,1-5H2. The van der Waals surface area contributed by atoms with Crippen LogP contribution in [0.1, 0.15) is 41.8 Å². The van der Waals surface area contributed by atoms with Crippen LogP contribution in [0.3, 0.4) is 0 Å². The smallest absolute Gasteiger partial charge is 0.175 e. The minimum atomic E-state index is 0.236. The molecular weight excluding hydrogens is 296 g/mol. The topological polar surface area (TPSA) is 17.1 Å². The Kier molecular flexibility index (Phi) is 3.86. The molecule has 4 heteroatoms. The van der Waals surface area contributed by atoms with Gasteiger partial charge in [0.2, 0.25) is 0 Å². The van der Waals surface area contributed by atoms with E-state index >= 15 is 0 Å². The Hall–Kier alpha value is 0.140. The molecule has 0 saturated heterocycles. The van der Waals surface area contributed by atoms with Crippen LogP contribution in [0, 0.1) is 5.92 Å². The van der Waals surface area contributed by atoms with Gasteiger partial charge in [0.1, 0.15) is 4.34 Å². The van der Waals surface area contributed by atoms with Crippen LogP contribution in [0.5, 0.6) is 0 Å². The van der Waals surface area contributed by atoms with Crippen molar-refractivity contribution in [3.63, 3.8) is 0 Å². The second-order valence-corrected chi connectivity index (χ2v) is 6.44. The number of thiophene rings is 1. The lowest BCUT2D eigenvalue weighted by Gasteiger charge is -2.19. The van der Waals surface area contributed by atoms with Gasteiger partial charge >= 0.3 is 0 Å². The van der Waals surface area contributed by atoms with Crippen molar-refractivity contribution >= 4 is 44.7 Å². The molecule has 0 spiro atoms. The van der Waals surface area contributed by atoms with Crippen LogP contribution in [0.15, 0.2) is 10.5 Å². The lowest BCUT2D eigenvalue weighted by molar-refractivity contribution is 0.0894. The van der Waals surface area contributed by atoms with E-state index in [9.17, 15) is 4.79 Å². The lowest BCUT2D eigenvalue weighted by atomic mass is 9.86. The second-order valence-electron chi connectivity index (χ2n) is 3.93. The summed E-state index contributed by atoms with van der Waals surface area (Å²) in [5, 5.41) is 0. The average molecular weight is 308 g/mol. The van der Waals surface area contributed by atoms with Gasteiger partial charge in [0.25, 0.3) is 0 Å². The summed E-state index contributed by atoms with van der Waals surface area (Å²) in [5.41, 5.74) is 0. The first-order chi connectivity index (χ1) is 7.18. The Morgan fingerprint density at radius 1 is 1.40 bits per heavy atom. The van der Waals surface area contributed by atoms with E-state index in [4.69, 9.17) is 11.6 Å². The molecule has 0 N–H and O–H groups in total. The first-order valence-electron chi connectivity index (χ1n) is 5.17. The summed E-state index contributed by atoms with van der Waals surface area (Å²) in [6.07, 6.45) is 5.75. The molecule has 15 heavy (non-hydrogen) atoms. The molecule has 0 radical (unpaired) electrons. The van der Waals surface area contributed by atoms with Gasteiger partial charge < -0.3 is 0 Å². The SMILES string of the molecule is O=C(c1cc(Br)c(Cl)s1)C1CCCCC1. The van der Waals surface area contributed by atoms with Gasteiger partial charge in [0.05, 0.1) is 4.88 Å².